The molecule has 0 fully saturated rings. The second kappa shape index (κ2) is 8.00. The van der Waals surface area contributed by atoms with Crippen LogP contribution in [0.2, 0.25) is 0 Å². The van der Waals surface area contributed by atoms with E-state index in [-0.39, 0.29) is 12.8 Å². The second-order valence-corrected chi connectivity index (χ2v) is 7.47. The maximum atomic E-state index is 11.2. The number of methoxy groups -OCH3 is 3. The van der Waals surface area contributed by atoms with Crippen LogP contribution >= 0.6 is 0 Å². The maximum absolute atomic E-state index is 11.2. The molecule has 4 rings (SSSR count). The molecule has 2 aliphatic rings. The molecule has 0 saturated carbocycles. The highest BCUT2D eigenvalue weighted by molar-refractivity contribution is 5.61. The Balaban J connectivity index is 1.72. The maximum Gasteiger partial charge on any atom is 0.231 e. The van der Waals surface area contributed by atoms with Gasteiger partial charge in [-0.3, -0.25) is 0 Å². The van der Waals surface area contributed by atoms with Gasteiger partial charge in [0.25, 0.3) is 0 Å². The van der Waals surface area contributed by atoms with Gasteiger partial charge in [0.15, 0.2) is 11.5 Å². The van der Waals surface area contributed by atoms with Gasteiger partial charge in [-0.25, -0.2) is 0 Å². The topological polar surface area (TPSA) is 70.8 Å². The van der Waals surface area contributed by atoms with Crippen LogP contribution < -0.4 is 28.6 Å². The van der Waals surface area contributed by atoms with Gasteiger partial charge in [0.2, 0.25) is 12.5 Å². The number of quaternary nitrogens is 1. The van der Waals surface area contributed by atoms with Gasteiger partial charge in [0, 0.05) is 18.4 Å². The van der Waals surface area contributed by atoms with Crippen molar-refractivity contribution in [2.24, 2.45) is 0 Å². The summed E-state index contributed by atoms with van der Waals surface area (Å²) >= 11 is 0. The van der Waals surface area contributed by atoms with Crippen molar-refractivity contribution in [2.45, 2.75) is 25.0 Å². The lowest BCUT2D eigenvalue weighted by atomic mass is 9.87. The lowest BCUT2D eigenvalue weighted by Crippen LogP contribution is -3.10. The predicted molar refractivity (Wildman–Crippen MR) is 106 cm³/mol. The van der Waals surface area contributed by atoms with Crippen LogP contribution in [-0.4, -0.2) is 46.8 Å². The fraction of sp³-hybridized carbons (Fsp3) is 0.455. The highest BCUT2D eigenvalue weighted by Gasteiger charge is 2.38. The van der Waals surface area contributed by atoms with E-state index in [2.05, 4.69) is 13.1 Å². The molecule has 7 heteroatoms. The number of aliphatic hydroxyl groups excluding tert-OH is 1. The molecule has 2 heterocycles. The Morgan fingerprint density at radius 2 is 1.97 bits per heavy atom. The van der Waals surface area contributed by atoms with Gasteiger partial charge in [-0.05, 0) is 29.8 Å². The minimum Gasteiger partial charge on any atom is -0.497 e. The van der Waals surface area contributed by atoms with Crippen LogP contribution in [0.5, 0.6) is 28.7 Å². The van der Waals surface area contributed by atoms with Crippen LogP contribution in [0, 0.1) is 0 Å². The van der Waals surface area contributed by atoms with E-state index < -0.39 is 6.10 Å². The van der Waals surface area contributed by atoms with Crippen LogP contribution in [0.4, 0.5) is 0 Å². The fourth-order valence-electron chi connectivity index (χ4n) is 4.39. The first-order valence-corrected chi connectivity index (χ1v) is 9.79. The average molecular weight is 402 g/mol. The van der Waals surface area contributed by atoms with Crippen molar-refractivity contribution in [1.82, 2.24) is 0 Å². The van der Waals surface area contributed by atoms with E-state index in [1.54, 1.807) is 21.3 Å². The number of hydrogen-bond donors (Lipinski definition) is 2. The number of hydrogen-bond acceptors (Lipinski definition) is 6. The van der Waals surface area contributed by atoms with E-state index in [9.17, 15) is 5.11 Å². The van der Waals surface area contributed by atoms with Crippen molar-refractivity contribution >= 4 is 0 Å². The molecule has 1 unspecified atom stereocenters. The molecule has 0 aromatic heterocycles. The molecular formula is C22H28NO6+. The number of benzene rings is 2. The number of rotatable bonds is 6. The molecule has 2 aliphatic heterocycles. The smallest absolute Gasteiger partial charge is 0.231 e. The summed E-state index contributed by atoms with van der Waals surface area (Å²) in [6.07, 6.45) is 0.711. The van der Waals surface area contributed by atoms with Gasteiger partial charge in [-0.2, -0.15) is 0 Å². The summed E-state index contributed by atoms with van der Waals surface area (Å²) < 4.78 is 27.8. The van der Waals surface area contributed by atoms with Gasteiger partial charge in [0.05, 0.1) is 46.6 Å². The van der Waals surface area contributed by atoms with Crippen LogP contribution in [0.15, 0.2) is 24.3 Å². The van der Waals surface area contributed by atoms with E-state index in [1.807, 2.05) is 18.2 Å². The Bertz CT molecular complexity index is 899. The van der Waals surface area contributed by atoms with E-state index in [1.165, 1.54) is 10.5 Å². The molecule has 156 valence electrons. The van der Waals surface area contributed by atoms with Crippen LogP contribution in [0.3, 0.4) is 0 Å². The van der Waals surface area contributed by atoms with Crippen molar-refractivity contribution in [2.75, 3.05) is 41.7 Å². The third-order valence-corrected chi connectivity index (χ3v) is 5.93. The normalized spacial score (nSPS) is 20.7. The highest BCUT2D eigenvalue weighted by atomic mass is 16.7. The summed E-state index contributed by atoms with van der Waals surface area (Å²) in [4.78, 5) is 1.32. The zero-order valence-electron chi connectivity index (χ0n) is 17.3. The third kappa shape index (κ3) is 3.45. The number of aliphatic hydroxyl groups is 1. The number of likely N-dealkylation sites (N-methyl/N-ethyl adjacent to an activating group) is 1. The minimum atomic E-state index is -0.721. The lowest BCUT2D eigenvalue weighted by Gasteiger charge is -2.34. The van der Waals surface area contributed by atoms with Gasteiger partial charge in [-0.15, -0.1) is 0 Å². The Hall–Kier alpha value is -2.64. The summed E-state index contributed by atoms with van der Waals surface area (Å²) in [6, 6.07) is 7.57. The minimum absolute atomic E-state index is 0.0362. The van der Waals surface area contributed by atoms with Gasteiger partial charge >= 0.3 is 0 Å². The predicted octanol–water partition coefficient (Wildman–Crippen LogP) is 1.68. The number of nitrogens with one attached hydrogen (secondary N) is 1. The van der Waals surface area contributed by atoms with E-state index in [0.29, 0.717) is 35.0 Å². The first-order chi connectivity index (χ1) is 14.1. The second-order valence-electron chi connectivity index (χ2n) is 7.47. The highest BCUT2D eigenvalue weighted by Crippen LogP contribution is 2.48. The average Bonchev–Trinajstić information content (AvgIpc) is 3.21. The molecule has 0 radical (unpaired) electrons. The number of fused-ring (bicyclic) bond motifs is 2. The molecule has 2 aromatic carbocycles. The Labute approximate surface area is 170 Å². The quantitative estimate of drug-likeness (QED) is 0.766. The molecule has 2 aromatic rings. The molecule has 29 heavy (non-hydrogen) atoms. The molecule has 2 N–H and O–H groups in total. The number of ether oxygens (including phenoxy) is 5. The largest absolute Gasteiger partial charge is 0.497 e. The molecule has 7 nitrogen and oxygen atoms in total. The van der Waals surface area contributed by atoms with Crippen LogP contribution in [0.1, 0.15) is 35.3 Å². The SMILES string of the molecule is COc1ccc(OC)c([C@@H](O)C[C@@H]2c3c(cc4c(c3OC)OCO4)CC[NH+]2C)c1. The van der Waals surface area contributed by atoms with E-state index in [0.717, 1.165) is 24.3 Å². The van der Waals surface area contributed by atoms with Crippen molar-refractivity contribution < 1.29 is 33.7 Å². The summed E-state index contributed by atoms with van der Waals surface area (Å²) in [5, 5.41) is 11.2. The molecule has 0 spiro atoms. The first-order valence-electron chi connectivity index (χ1n) is 9.79. The summed E-state index contributed by atoms with van der Waals surface area (Å²) in [5.74, 6) is 3.42. The Morgan fingerprint density at radius 3 is 2.69 bits per heavy atom. The molecule has 0 saturated heterocycles. The third-order valence-electron chi connectivity index (χ3n) is 5.93. The van der Waals surface area contributed by atoms with Crippen LogP contribution in [-0.2, 0) is 6.42 Å². The van der Waals surface area contributed by atoms with Crippen molar-refractivity contribution in [3.8, 4) is 28.7 Å². The summed E-state index contributed by atoms with van der Waals surface area (Å²) in [7, 11) is 7.02. The van der Waals surface area contributed by atoms with Crippen molar-refractivity contribution in [3.05, 3.63) is 41.0 Å². The van der Waals surface area contributed by atoms with E-state index >= 15 is 0 Å². The molecular weight excluding hydrogens is 374 g/mol. The molecule has 0 amide bonds. The van der Waals surface area contributed by atoms with Gasteiger partial charge in [-0.1, -0.05) is 0 Å². The molecule has 3 atom stereocenters. The zero-order chi connectivity index (χ0) is 20.5. The van der Waals surface area contributed by atoms with Gasteiger partial charge < -0.3 is 33.7 Å². The Kier molecular flexibility index (Phi) is 5.43. The van der Waals surface area contributed by atoms with Crippen molar-refractivity contribution in [3.63, 3.8) is 0 Å². The standard InChI is InChI=1S/C22H27NO6/c1-23-8-7-13-9-19-21(29-12-28-19)22(27-4)20(13)16(23)11-17(24)15-10-14(25-2)5-6-18(15)26-3/h5-6,9-10,16-17,24H,7-8,11-12H2,1-4H3/p+1/t16-,17+/m1/s1. The van der Waals surface area contributed by atoms with Crippen LogP contribution in [0.25, 0.3) is 0 Å². The zero-order valence-corrected chi connectivity index (χ0v) is 17.3. The summed E-state index contributed by atoms with van der Waals surface area (Å²) in [5.41, 5.74) is 2.99. The Morgan fingerprint density at radius 1 is 1.14 bits per heavy atom. The van der Waals surface area contributed by atoms with Gasteiger partial charge in [0.1, 0.15) is 17.5 Å². The molecule has 0 aliphatic carbocycles. The molecule has 0 bridgehead atoms. The van der Waals surface area contributed by atoms with E-state index in [4.69, 9.17) is 23.7 Å². The monoisotopic (exact) mass is 402 g/mol. The summed E-state index contributed by atoms with van der Waals surface area (Å²) in [6.45, 7) is 1.16. The fourth-order valence-corrected chi connectivity index (χ4v) is 4.39. The lowest BCUT2D eigenvalue weighted by molar-refractivity contribution is -0.915. The van der Waals surface area contributed by atoms with Crippen molar-refractivity contribution in [1.29, 1.82) is 0 Å². The first kappa shape index (κ1) is 19.7.